The molecule has 0 spiro atoms. The molecule has 0 aliphatic heterocycles. The second kappa shape index (κ2) is 7.31. The molecule has 0 bridgehead atoms. The van der Waals surface area contributed by atoms with Gasteiger partial charge < -0.3 is 5.32 Å². The Labute approximate surface area is 164 Å². The van der Waals surface area contributed by atoms with Gasteiger partial charge in [0, 0.05) is 12.7 Å². The first-order valence-corrected chi connectivity index (χ1v) is 9.01. The maximum Gasteiger partial charge on any atom is 0.334 e. The Morgan fingerprint density at radius 2 is 1.86 bits per heavy atom. The molecule has 0 saturated carbocycles. The molecule has 0 atom stereocenters. The Morgan fingerprint density at radius 3 is 2.62 bits per heavy atom. The zero-order valence-corrected chi connectivity index (χ0v) is 15.9. The fourth-order valence-corrected chi connectivity index (χ4v) is 3.07. The fraction of sp³-hybridized carbons (Fsp3) is 0.143. The van der Waals surface area contributed by atoms with Gasteiger partial charge in [0.1, 0.15) is 11.2 Å². The average Bonchev–Trinajstić information content (AvgIpc) is 2.70. The molecule has 8 heteroatoms. The van der Waals surface area contributed by atoms with Crippen molar-refractivity contribution in [3.05, 3.63) is 92.0 Å². The molecule has 0 fully saturated rings. The summed E-state index contributed by atoms with van der Waals surface area (Å²) in [4.78, 5) is 36.6. The minimum Gasteiger partial charge on any atom is -0.350 e. The van der Waals surface area contributed by atoms with E-state index < -0.39 is 11.2 Å². The molecule has 4 aromatic rings. The van der Waals surface area contributed by atoms with Gasteiger partial charge in [-0.2, -0.15) is 4.98 Å². The molecule has 4 rings (SSSR count). The molecule has 2 heterocycles. The molecule has 146 valence electrons. The van der Waals surface area contributed by atoms with Gasteiger partial charge in [-0.3, -0.25) is 9.78 Å². The van der Waals surface area contributed by atoms with E-state index in [1.54, 1.807) is 24.3 Å². The highest BCUT2D eigenvalue weighted by molar-refractivity contribution is 5.73. The summed E-state index contributed by atoms with van der Waals surface area (Å²) in [7, 11) is 0. The predicted octanol–water partition coefficient (Wildman–Crippen LogP) is 2.84. The summed E-state index contributed by atoms with van der Waals surface area (Å²) in [6, 6.07) is 11.5. The third kappa shape index (κ3) is 3.52. The lowest BCUT2D eigenvalue weighted by Gasteiger charge is -2.11. The van der Waals surface area contributed by atoms with Crippen LogP contribution in [-0.2, 0) is 6.54 Å². The van der Waals surface area contributed by atoms with E-state index in [1.165, 1.54) is 18.3 Å². The van der Waals surface area contributed by atoms with Crippen LogP contribution in [0.4, 0.5) is 10.3 Å². The van der Waals surface area contributed by atoms with Crippen LogP contribution in [0.3, 0.4) is 0 Å². The molecule has 2 aromatic heterocycles. The van der Waals surface area contributed by atoms with E-state index in [9.17, 15) is 14.0 Å². The van der Waals surface area contributed by atoms with E-state index in [4.69, 9.17) is 0 Å². The van der Waals surface area contributed by atoms with Crippen molar-refractivity contribution in [1.29, 1.82) is 0 Å². The van der Waals surface area contributed by atoms with Gasteiger partial charge in [-0.05, 0) is 48.7 Å². The van der Waals surface area contributed by atoms with Crippen molar-refractivity contribution in [2.45, 2.75) is 20.4 Å². The van der Waals surface area contributed by atoms with E-state index >= 15 is 0 Å². The summed E-state index contributed by atoms with van der Waals surface area (Å²) < 4.78 is 14.1. The molecule has 0 aliphatic rings. The number of benzene rings is 2. The van der Waals surface area contributed by atoms with Gasteiger partial charge in [-0.1, -0.05) is 24.3 Å². The zero-order valence-electron chi connectivity index (χ0n) is 15.9. The zero-order chi connectivity index (χ0) is 20.5. The third-order valence-electron chi connectivity index (χ3n) is 4.83. The van der Waals surface area contributed by atoms with E-state index in [0.29, 0.717) is 12.2 Å². The molecule has 0 radical (unpaired) electrons. The number of aromatic nitrogens is 4. The summed E-state index contributed by atoms with van der Waals surface area (Å²) in [5.74, 6) is -0.0604. The number of anilines is 1. The van der Waals surface area contributed by atoms with Gasteiger partial charge >= 0.3 is 5.69 Å². The lowest BCUT2D eigenvalue weighted by atomic mass is 10.1. The highest BCUT2D eigenvalue weighted by Crippen LogP contribution is 2.15. The standard InChI is InChI=1S/C21H18FN5O2/c1-12-4-3-5-17(13(12)2)27-19(28)16-11-24-20(25-18(16)26-21(27)29)23-10-14-6-8-15(22)9-7-14/h3-9,11H,10H2,1-2H3,(H2,23,24,25,26,29). The number of hydrogen-bond donors (Lipinski definition) is 2. The first-order valence-electron chi connectivity index (χ1n) is 9.01. The molecular formula is C21H18FN5O2. The van der Waals surface area contributed by atoms with E-state index in [2.05, 4.69) is 20.3 Å². The minimum absolute atomic E-state index is 0.151. The van der Waals surface area contributed by atoms with E-state index in [0.717, 1.165) is 21.3 Å². The van der Waals surface area contributed by atoms with Gasteiger partial charge in [0.15, 0.2) is 5.65 Å². The molecule has 2 aromatic carbocycles. The first kappa shape index (κ1) is 18.5. The van der Waals surface area contributed by atoms with Crippen molar-refractivity contribution in [1.82, 2.24) is 19.5 Å². The van der Waals surface area contributed by atoms with E-state index in [1.807, 2.05) is 19.9 Å². The van der Waals surface area contributed by atoms with Gasteiger partial charge in [-0.15, -0.1) is 0 Å². The van der Waals surface area contributed by atoms with Crippen LogP contribution in [0.2, 0.25) is 0 Å². The summed E-state index contributed by atoms with van der Waals surface area (Å²) in [6.07, 6.45) is 1.38. The summed E-state index contributed by atoms with van der Waals surface area (Å²) >= 11 is 0. The maximum atomic E-state index is 13.0. The number of nitrogens with one attached hydrogen (secondary N) is 2. The van der Waals surface area contributed by atoms with Crippen LogP contribution < -0.4 is 16.6 Å². The van der Waals surface area contributed by atoms with Gasteiger partial charge in [0.2, 0.25) is 5.95 Å². The Hall–Kier alpha value is -3.81. The lowest BCUT2D eigenvalue weighted by Crippen LogP contribution is -2.34. The van der Waals surface area contributed by atoms with Crippen LogP contribution in [0.15, 0.2) is 58.3 Å². The monoisotopic (exact) mass is 391 g/mol. The first-order chi connectivity index (χ1) is 13.9. The number of aryl methyl sites for hydroxylation is 1. The van der Waals surface area contributed by atoms with Crippen LogP contribution in [0.1, 0.15) is 16.7 Å². The number of aromatic amines is 1. The van der Waals surface area contributed by atoms with Crippen molar-refractivity contribution < 1.29 is 4.39 Å². The van der Waals surface area contributed by atoms with Gasteiger partial charge in [-0.25, -0.2) is 18.7 Å². The summed E-state index contributed by atoms with van der Waals surface area (Å²) in [5.41, 5.74) is 2.29. The predicted molar refractivity (Wildman–Crippen MR) is 109 cm³/mol. The van der Waals surface area contributed by atoms with Crippen molar-refractivity contribution in [3.63, 3.8) is 0 Å². The SMILES string of the molecule is Cc1cccc(-n2c(=O)[nH]c3nc(NCc4ccc(F)cc4)ncc3c2=O)c1C. The Balaban J connectivity index is 1.72. The van der Waals surface area contributed by atoms with E-state index in [-0.39, 0.29) is 22.8 Å². The van der Waals surface area contributed by atoms with Crippen LogP contribution in [0.25, 0.3) is 16.7 Å². The fourth-order valence-electron chi connectivity index (χ4n) is 3.07. The van der Waals surface area contributed by atoms with Crippen molar-refractivity contribution in [2.24, 2.45) is 0 Å². The smallest absolute Gasteiger partial charge is 0.334 e. The molecule has 0 aliphatic carbocycles. The van der Waals surface area contributed by atoms with Gasteiger partial charge in [0.05, 0.1) is 5.69 Å². The summed E-state index contributed by atoms with van der Waals surface area (Å²) in [6.45, 7) is 4.15. The third-order valence-corrected chi connectivity index (χ3v) is 4.83. The molecule has 0 amide bonds. The lowest BCUT2D eigenvalue weighted by molar-refractivity contribution is 0.627. The number of fused-ring (bicyclic) bond motifs is 1. The molecule has 2 N–H and O–H groups in total. The normalized spacial score (nSPS) is 11.0. The molecule has 7 nitrogen and oxygen atoms in total. The Bertz CT molecular complexity index is 1330. The van der Waals surface area contributed by atoms with Crippen LogP contribution >= 0.6 is 0 Å². The van der Waals surface area contributed by atoms with Crippen LogP contribution in [0, 0.1) is 19.7 Å². The molecule has 29 heavy (non-hydrogen) atoms. The average molecular weight is 391 g/mol. The Morgan fingerprint density at radius 1 is 1.10 bits per heavy atom. The van der Waals surface area contributed by atoms with Crippen molar-refractivity contribution in [2.75, 3.05) is 5.32 Å². The second-order valence-corrected chi connectivity index (χ2v) is 6.73. The molecule has 0 saturated heterocycles. The summed E-state index contributed by atoms with van der Waals surface area (Å²) in [5, 5.41) is 3.21. The number of nitrogens with zero attached hydrogens (tertiary/aromatic N) is 3. The topological polar surface area (TPSA) is 92.7 Å². The Kier molecular flexibility index (Phi) is 4.67. The highest BCUT2D eigenvalue weighted by Gasteiger charge is 2.14. The molecule has 0 unspecified atom stereocenters. The minimum atomic E-state index is -0.570. The largest absolute Gasteiger partial charge is 0.350 e. The highest BCUT2D eigenvalue weighted by atomic mass is 19.1. The second-order valence-electron chi connectivity index (χ2n) is 6.73. The van der Waals surface area contributed by atoms with Gasteiger partial charge in [0.25, 0.3) is 5.56 Å². The maximum absolute atomic E-state index is 13.0. The number of H-pyrrole nitrogens is 1. The van der Waals surface area contributed by atoms with Crippen LogP contribution in [-0.4, -0.2) is 19.5 Å². The number of rotatable bonds is 4. The van der Waals surface area contributed by atoms with Crippen molar-refractivity contribution in [3.8, 4) is 5.69 Å². The number of halogens is 1. The van der Waals surface area contributed by atoms with Crippen molar-refractivity contribution >= 4 is 17.0 Å². The van der Waals surface area contributed by atoms with Crippen LogP contribution in [0.5, 0.6) is 0 Å². The molecular weight excluding hydrogens is 373 g/mol. The quantitative estimate of drug-likeness (QED) is 0.558. The number of hydrogen-bond acceptors (Lipinski definition) is 5.